The number of aryl methyl sites for hydroxylation is 1. The van der Waals surface area contributed by atoms with Crippen LogP contribution in [0.2, 0.25) is 0 Å². The quantitative estimate of drug-likeness (QED) is 0.765. The van der Waals surface area contributed by atoms with Gasteiger partial charge in [-0.1, -0.05) is 18.2 Å². The van der Waals surface area contributed by atoms with E-state index in [0.29, 0.717) is 30.3 Å². The number of carboxylic acids is 1. The minimum absolute atomic E-state index is 0.0431. The third-order valence-electron chi connectivity index (χ3n) is 3.13. The maximum Gasteiger partial charge on any atom is 0.303 e. The van der Waals surface area contributed by atoms with Gasteiger partial charge in [-0.15, -0.1) is 0 Å². The number of carboxylic acid groups (broad SMARTS) is 1. The molecule has 1 aromatic heterocycles. The largest absolute Gasteiger partial charge is 0.481 e. The molecule has 0 atom stereocenters. The number of nitrogens with one attached hydrogen (secondary N) is 1. The lowest BCUT2D eigenvalue weighted by Gasteiger charge is -2.02. The number of carbonyl (C=O) groups excluding carboxylic acids is 1. The number of benzene rings is 1. The minimum Gasteiger partial charge on any atom is -0.481 e. The molecule has 6 heteroatoms. The van der Waals surface area contributed by atoms with Crippen molar-refractivity contribution in [1.29, 1.82) is 0 Å². The Labute approximate surface area is 128 Å². The second kappa shape index (κ2) is 7.40. The van der Waals surface area contributed by atoms with E-state index in [1.54, 1.807) is 6.92 Å². The number of nitrogens with zero attached hydrogens (tertiary/aromatic N) is 1. The first-order chi connectivity index (χ1) is 10.6. The Morgan fingerprint density at radius 1 is 1.27 bits per heavy atom. The molecule has 22 heavy (non-hydrogen) atoms. The van der Waals surface area contributed by atoms with Crippen LogP contribution in [0.4, 0.5) is 0 Å². The first-order valence-electron chi connectivity index (χ1n) is 7.06. The fourth-order valence-electron chi connectivity index (χ4n) is 1.98. The van der Waals surface area contributed by atoms with E-state index in [4.69, 9.17) is 9.52 Å². The highest BCUT2D eigenvalue weighted by atomic mass is 16.4. The molecular weight excluding hydrogens is 284 g/mol. The summed E-state index contributed by atoms with van der Waals surface area (Å²) in [5.41, 5.74) is 1.45. The molecule has 116 valence electrons. The van der Waals surface area contributed by atoms with Gasteiger partial charge < -0.3 is 14.8 Å². The van der Waals surface area contributed by atoms with Crippen LogP contribution in [-0.4, -0.2) is 28.5 Å². The van der Waals surface area contributed by atoms with Crippen molar-refractivity contribution in [2.75, 3.05) is 6.54 Å². The molecule has 6 nitrogen and oxygen atoms in total. The molecular formula is C16H18N2O4. The number of hydrogen-bond donors (Lipinski definition) is 2. The second-order valence-electron chi connectivity index (χ2n) is 4.91. The van der Waals surface area contributed by atoms with Crippen LogP contribution in [-0.2, 0) is 16.0 Å². The molecule has 0 fully saturated rings. The molecule has 0 radical (unpaired) electrons. The minimum atomic E-state index is -0.867. The van der Waals surface area contributed by atoms with Crippen molar-refractivity contribution in [1.82, 2.24) is 10.3 Å². The van der Waals surface area contributed by atoms with Gasteiger partial charge in [-0.05, 0) is 25.5 Å². The molecule has 0 aliphatic rings. The molecule has 0 bridgehead atoms. The first-order valence-corrected chi connectivity index (χ1v) is 7.06. The summed E-state index contributed by atoms with van der Waals surface area (Å²) in [7, 11) is 0. The molecule has 0 saturated heterocycles. The second-order valence-corrected chi connectivity index (χ2v) is 4.91. The van der Waals surface area contributed by atoms with Crippen molar-refractivity contribution in [3.05, 3.63) is 41.8 Å². The Bertz CT molecular complexity index is 649. The summed E-state index contributed by atoms with van der Waals surface area (Å²) < 4.78 is 5.59. The first kappa shape index (κ1) is 15.8. The Morgan fingerprint density at radius 3 is 2.68 bits per heavy atom. The van der Waals surface area contributed by atoms with E-state index < -0.39 is 5.97 Å². The van der Waals surface area contributed by atoms with Crippen molar-refractivity contribution in [3.63, 3.8) is 0 Å². The Hall–Kier alpha value is -2.63. The zero-order valence-corrected chi connectivity index (χ0v) is 12.3. The van der Waals surface area contributed by atoms with Gasteiger partial charge >= 0.3 is 5.97 Å². The smallest absolute Gasteiger partial charge is 0.303 e. The number of hydrogen-bond acceptors (Lipinski definition) is 4. The van der Waals surface area contributed by atoms with E-state index in [1.807, 2.05) is 30.3 Å². The lowest BCUT2D eigenvalue weighted by Crippen LogP contribution is -2.26. The van der Waals surface area contributed by atoms with Crippen LogP contribution in [0.1, 0.15) is 24.3 Å². The van der Waals surface area contributed by atoms with Crippen LogP contribution in [0.15, 0.2) is 34.7 Å². The summed E-state index contributed by atoms with van der Waals surface area (Å²) in [5, 5.41) is 11.2. The third-order valence-corrected chi connectivity index (χ3v) is 3.13. The van der Waals surface area contributed by atoms with Crippen LogP contribution in [0.25, 0.3) is 11.5 Å². The van der Waals surface area contributed by atoms with Crippen LogP contribution in [0, 0.1) is 6.92 Å². The predicted molar refractivity (Wildman–Crippen MR) is 80.3 cm³/mol. The number of rotatable bonds is 7. The molecule has 2 rings (SSSR count). The van der Waals surface area contributed by atoms with E-state index in [0.717, 1.165) is 5.56 Å². The van der Waals surface area contributed by atoms with Crippen molar-refractivity contribution < 1.29 is 19.1 Å². The molecule has 2 N–H and O–H groups in total. The van der Waals surface area contributed by atoms with Gasteiger partial charge in [-0.3, -0.25) is 9.59 Å². The van der Waals surface area contributed by atoms with Crippen LogP contribution in [0.3, 0.4) is 0 Å². The van der Waals surface area contributed by atoms with Crippen LogP contribution >= 0.6 is 0 Å². The number of oxazole rings is 1. The number of amides is 1. The highest BCUT2D eigenvalue weighted by Crippen LogP contribution is 2.21. The third kappa shape index (κ3) is 4.44. The summed E-state index contributed by atoms with van der Waals surface area (Å²) >= 11 is 0. The zero-order chi connectivity index (χ0) is 15.9. The van der Waals surface area contributed by atoms with Gasteiger partial charge in [-0.2, -0.15) is 0 Å². The molecule has 0 saturated carbocycles. The SMILES string of the molecule is Cc1oc(-c2ccccc2)nc1CC(=O)NCCCC(=O)O. The summed E-state index contributed by atoms with van der Waals surface area (Å²) in [4.78, 5) is 26.6. The van der Waals surface area contributed by atoms with Gasteiger partial charge in [0, 0.05) is 18.5 Å². The lowest BCUT2D eigenvalue weighted by molar-refractivity contribution is -0.137. The number of carbonyl (C=O) groups is 2. The van der Waals surface area contributed by atoms with Gasteiger partial charge in [0.05, 0.1) is 12.1 Å². The average Bonchev–Trinajstić information content (AvgIpc) is 2.85. The van der Waals surface area contributed by atoms with Crippen molar-refractivity contribution in [3.8, 4) is 11.5 Å². The van der Waals surface area contributed by atoms with Gasteiger partial charge in [-0.25, -0.2) is 4.98 Å². The van der Waals surface area contributed by atoms with E-state index >= 15 is 0 Å². The molecule has 1 aromatic carbocycles. The highest BCUT2D eigenvalue weighted by molar-refractivity contribution is 5.78. The molecule has 2 aromatic rings. The topological polar surface area (TPSA) is 92.4 Å². The van der Waals surface area contributed by atoms with Gasteiger partial charge in [0.25, 0.3) is 0 Å². The molecule has 1 heterocycles. The van der Waals surface area contributed by atoms with Crippen molar-refractivity contribution in [2.24, 2.45) is 0 Å². The molecule has 0 spiro atoms. The van der Waals surface area contributed by atoms with E-state index in [2.05, 4.69) is 10.3 Å². The number of aromatic nitrogens is 1. The monoisotopic (exact) mass is 302 g/mol. The zero-order valence-electron chi connectivity index (χ0n) is 12.3. The van der Waals surface area contributed by atoms with E-state index in [1.165, 1.54) is 0 Å². The van der Waals surface area contributed by atoms with Gasteiger partial charge in [0.2, 0.25) is 11.8 Å². The Morgan fingerprint density at radius 2 is 2.00 bits per heavy atom. The highest BCUT2D eigenvalue weighted by Gasteiger charge is 2.14. The lowest BCUT2D eigenvalue weighted by atomic mass is 10.2. The Kier molecular flexibility index (Phi) is 5.30. The predicted octanol–water partition coefficient (Wildman–Crippen LogP) is 2.17. The standard InChI is InChI=1S/C16H18N2O4/c1-11-13(10-14(19)17-9-5-8-15(20)21)18-16(22-11)12-6-3-2-4-7-12/h2-4,6-7H,5,8-10H2,1H3,(H,17,19)(H,20,21). The number of aliphatic carboxylic acids is 1. The molecule has 1 amide bonds. The van der Waals surface area contributed by atoms with Gasteiger partial charge in [0.1, 0.15) is 5.76 Å². The summed E-state index contributed by atoms with van der Waals surface area (Å²) in [6, 6.07) is 9.47. The molecule has 0 unspecified atom stereocenters. The van der Waals surface area contributed by atoms with Crippen LogP contribution in [0.5, 0.6) is 0 Å². The fourth-order valence-corrected chi connectivity index (χ4v) is 1.98. The normalized spacial score (nSPS) is 10.4. The summed E-state index contributed by atoms with van der Waals surface area (Å²) in [6.45, 7) is 2.11. The fraction of sp³-hybridized carbons (Fsp3) is 0.312. The Balaban J connectivity index is 1.92. The maximum absolute atomic E-state index is 11.8. The average molecular weight is 302 g/mol. The maximum atomic E-state index is 11.8. The van der Waals surface area contributed by atoms with Crippen molar-refractivity contribution >= 4 is 11.9 Å². The van der Waals surface area contributed by atoms with Crippen LogP contribution < -0.4 is 5.32 Å². The van der Waals surface area contributed by atoms with Crippen molar-refractivity contribution in [2.45, 2.75) is 26.2 Å². The summed E-state index contributed by atoms with van der Waals surface area (Å²) in [6.07, 6.45) is 0.574. The molecule has 0 aliphatic carbocycles. The summed E-state index contributed by atoms with van der Waals surface area (Å²) in [5.74, 6) is 0.0433. The molecule has 0 aliphatic heterocycles. The van der Waals surface area contributed by atoms with Gasteiger partial charge in [0.15, 0.2) is 0 Å². The van der Waals surface area contributed by atoms with E-state index in [-0.39, 0.29) is 18.7 Å². The van der Waals surface area contributed by atoms with E-state index in [9.17, 15) is 9.59 Å².